The van der Waals surface area contributed by atoms with E-state index in [4.69, 9.17) is 6.85 Å². The molecule has 0 aliphatic carbocycles. The van der Waals surface area contributed by atoms with Gasteiger partial charge in [-0.05, 0) is 0 Å². The van der Waals surface area contributed by atoms with Crippen molar-refractivity contribution in [2.75, 3.05) is 0 Å². The van der Waals surface area contributed by atoms with Crippen LogP contribution in [0.2, 0.25) is 0 Å². The first-order chi connectivity index (χ1) is 3.92. The van der Waals surface area contributed by atoms with E-state index in [-0.39, 0.29) is 19.7 Å². The lowest BCUT2D eigenvalue weighted by atomic mass is 10.4. The molecule has 0 aliphatic heterocycles. The molecule has 0 heterocycles. The van der Waals surface area contributed by atoms with Gasteiger partial charge in [-0.25, -0.2) is 0 Å². The molecule has 0 atom stereocenters. The maximum absolute atomic E-state index is 6.68. The van der Waals surface area contributed by atoms with Crippen LogP contribution in [0.1, 0.15) is 26.5 Å². The van der Waals surface area contributed by atoms with Gasteiger partial charge in [0, 0.05) is 6.85 Å². The van der Waals surface area contributed by atoms with Crippen molar-refractivity contribution in [3.8, 4) is 0 Å². The van der Waals surface area contributed by atoms with E-state index in [1.54, 1.807) is 0 Å². The van der Waals surface area contributed by atoms with Crippen molar-refractivity contribution < 1.29 is 6.85 Å². The van der Waals surface area contributed by atoms with Crippen molar-refractivity contribution in [1.29, 1.82) is 0 Å². The van der Waals surface area contributed by atoms with Gasteiger partial charge in [-0.15, -0.1) is 0 Å². The van der Waals surface area contributed by atoms with E-state index in [9.17, 15) is 0 Å². The molecule has 0 rings (SSSR count). The van der Waals surface area contributed by atoms with E-state index in [2.05, 4.69) is 0 Å². The second kappa shape index (κ2) is 3.00. The quantitative estimate of drug-likeness (QED) is 0.456. The largest absolute Gasteiger partial charge is 0.0654 e. The van der Waals surface area contributed by atoms with Gasteiger partial charge in [0.2, 0.25) is 0 Å². The van der Waals surface area contributed by atoms with E-state index >= 15 is 0 Å². The predicted octanol–water partition coefficient (Wildman–Crippen LogP) is 1.62. The Hall–Kier alpha value is 0. The second-order valence-corrected chi connectivity index (χ2v) is 0.500. The first-order valence-corrected chi connectivity index (χ1v) is 1.21. The standard InChI is InChI=1S/C4H9/c1-3-4-2/h1,3-4H2,2H3/i1D2,2D3. The Morgan fingerprint density at radius 1 is 2.50 bits per heavy atom. The average Bonchev–Trinajstić information content (AvgIpc) is 1.59. The highest BCUT2D eigenvalue weighted by Crippen LogP contribution is 1.75. The molecule has 25 valence electrons. The van der Waals surface area contributed by atoms with E-state index in [0.717, 1.165) is 0 Å². The fraction of sp³-hybridized carbons (Fsp3) is 0.750. The van der Waals surface area contributed by atoms with Crippen LogP contribution in [0, 0.1) is 6.88 Å². The molecule has 0 bridgehead atoms. The lowest BCUT2D eigenvalue weighted by Gasteiger charge is -1.67. The smallest absolute Gasteiger partial charge is 0.0267 e. The highest BCUT2D eigenvalue weighted by molar-refractivity contribution is 4.29. The van der Waals surface area contributed by atoms with Crippen molar-refractivity contribution in [3.63, 3.8) is 0 Å². The lowest BCUT2D eigenvalue weighted by Crippen LogP contribution is -1.48. The number of rotatable bonds is 2. The zero-order valence-corrected chi connectivity index (χ0v) is 2.41. The third-order valence-corrected chi connectivity index (χ3v) is 0.125. The average molecular weight is 62.1 g/mol. The Bertz CT molecular complexity index is 73.5. The minimum atomic E-state index is -1.98. The molecule has 0 aromatic carbocycles. The van der Waals surface area contributed by atoms with Crippen molar-refractivity contribution in [1.82, 2.24) is 0 Å². The maximum atomic E-state index is 6.68. The zero-order chi connectivity index (χ0) is 7.49. The summed E-state index contributed by atoms with van der Waals surface area (Å²) in [6.45, 7) is -2.29. The molecule has 1 radical (unpaired) electrons. The molecule has 0 nitrogen and oxygen atoms in total. The van der Waals surface area contributed by atoms with Crippen molar-refractivity contribution >= 4 is 0 Å². The summed E-state index contributed by atoms with van der Waals surface area (Å²) in [6.07, 6.45) is -0.00810. The van der Waals surface area contributed by atoms with Gasteiger partial charge in [0.15, 0.2) is 0 Å². The van der Waals surface area contributed by atoms with Gasteiger partial charge < -0.3 is 0 Å². The SMILES string of the molecule is [2H][C]([2H])CCC([2H])([2H])[2H]. The molecule has 4 heavy (non-hydrogen) atoms. The summed E-state index contributed by atoms with van der Waals surface area (Å²) in [7, 11) is 0. The summed E-state index contributed by atoms with van der Waals surface area (Å²) >= 11 is 0. The van der Waals surface area contributed by atoms with Crippen LogP contribution < -0.4 is 0 Å². The van der Waals surface area contributed by atoms with E-state index in [1.165, 1.54) is 0 Å². The Morgan fingerprint density at radius 2 is 3.50 bits per heavy atom. The zero-order valence-electron chi connectivity index (χ0n) is 7.41. The topological polar surface area (TPSA) is 0 Å². The van der Waals surface area contributed by atoms with E-state index in [1.807, 2.05) is 0 Å². The van der Waals surface area contributed by atoms with Crippen LogP contribution in [-0.2, 0) is 0 Å². The van der Waals surface area contributed by atoms with Crippen LogP contribution in [0.25, 0.3) is 0 Å². The van der Waals surface area contributed by atoms with Gasteiger partial charge in [-0.2, -0.15) is 0 Å². The molecule has 0 saturated heterocycles. The molecule has 0 saturated carbocycles. The summed E-state index contributed by atoms with van der Waals surface area (Å²) < 4.78 is 33.2. The van der Waals surface area contributed by atoms with Crippen LogP contribution in [0.3, 0.4) is 0 Å². The molecule has 0 amide bonds. The van der Waals surface area contributed by atoms with Gasteiger partial charge in [0.1, 0.15) is 0 Å². The molecule has 0 spiro atoms. The van der Waals surface area contributed by atoms with Crippen LogP contribution >= 0.6 is 0 Å². The summed E-state index contributed by atoms with van der Waals surface area (Å²) in [5.41, 5.74) is 0. The Balaban J connectivity index is 3.28. The number of hydrogen-bond acceptors (Lipinski definition) is 0. The Morgan fingerprint density at radius 3 is 3.75 bits per heavy atom. The van der Waals surface area contributed by atoms with Gasteiger partial charge in [-0.3, -0.25) is 0 Å². The Labute approximate surface area is 34.9 Å². The summed E-state index contributed by atoms with van der Waals surface area (Å²) in [6, 6.07) is 0. The van der Waals surface area contributed by atoms with Crippen molar-refractivity contribution in [2.45, 2.75) is 19.7 Å². The molecule has 0 heteroatoms. The van der Waals surface area contributed by atoms with Crippen LogP contribution in [0.15, 0.2) is 0 Å². The van der Waals surface area contributed by atoms with Crippen LogP contribution in [-0.4, -0.2) is 0 Å². The first kappa shape index (κ1) is 0.562. The molecule has 0 aromatic heterocycles. The van der Waals surface area contributed by atoms with Gasteiger partial charge in [0.25, 0.3) is 0 Å². The fourth-order valence-electron chi connectivity index (χ4n) is 0. The van der Waals surface area contributed by atoms with E-state index in [0.29, 0.717) is 0 Å². The molecular weight excluding hydrogens is 48.0 g/mol. The lowest BCUT2D eigenvalue weighted by molar-refractivity contribution is 0.956. The van der Waals surface area contributed by atoms with Crippen molar-refractivity contribution in [2.24, 2.45) is 0 Å². The van der Waals surface area contributed by atoms with Crippen LogP contribution in [0.5, 0.6) is 0 Å². The third kappa shape index (κ3) is 2.00. The normalized spacial score (nSPS) is 29.8. The molecular formula is C4H9. The molecule has 0 aromatic rings. The number of hydrogen-bond donors (Lipinski definition) is 0. The third-order valence-electron chi connectivity index (χ3n) is 0.125. The molecule has 0 aliphatic rings. The maximum Gasteiger partial charge on any atom is 0.0267 e. The van der Waals surface area contributed by atoms with Gasteiger partial charge in [0.05, 0.1) is 0 Å². The minimum Gasteiger partial charge on any atom is -0.0654 e. The van der Waals surface area contributed by atoms with Crippen molar-refractivity contribution in [3.05, 3.63) is 6.88 Å². The second-order valence-electron chi connectivity index (χ2n) is 0.500. The monoisotopic (exact) mass is 62.1 g/mol. The van der Waals surface area contributed by atoms with Gasteiger partial charge in [-0.1, -0.05) is 26.6 Å². The molecule has 0 fully saturated rings. The molecule has 0 N–H and O–H groups in total. The summed E-state index contributed by atoms with van der Waals surface area (Å²) in [4.78, 5) is 0. The van der Waals surface area contributed by atoms with E-state index < -0.39 is 6.85 Å². The fourth-order valence-corrected chi connectivity index (χ4v) is 0. The summed E-state index contributed by atoms with van der Waals surface area (Å²) in [5, 5.41) is 0. The first-order valence-electron chi connectivity index (χ1n) is 3.71. The highest BCUT2D eigenvalue weighted by atomic mass is 13.6. The highest BCUT2D eigenvalue weighted by Gasteiger charge is 1.56. The molecule has 0 unspecified atom stereocenters. The summed E-state index contributed by atoms with van der Waals surface area (Å²) in [5.74, 6) is 0. The minimum absolute atomic E-state index is 0.0521. The Kier molecular flexibility index (Phi) is 0.422. The van der Waals surface area contributed by atoms with Gasteiger partial charge >= 0.3 is 0 Å². The van der Waals surface area contributed by atoms with Crippen LogP contribution in [0.4, 0.5) is 0 Å². The predicted molar refractivity (Wildman–Crippen MR) is 20.3 cm³/mol.